The van der Waals surface area contributed by atoms with Crippen LogP contribution in [0.15, 0.2) is 41.8 Å². The van der Waals surface area contributed by atoms with Crippen molar-refractivity contribution >= 4 is 23.2 Å². The van der Waals surface area contributed by atoms with Gasteiger partial charge in [-0.05, 0) is 74.3 Å². The van der Waals surface area contributed by atoms with Gasteiger partial charge < -0.3 is 15.0 Å². The standard InChI is InChI=1S/C24H31N3O3S/c1-30-19-11-9-18(10-12-19)21(26-13-4-5-14-26)17-25-23(28)20-7-2-3-15-27(20)24(29)22-8-6-16-31-22/h6,8-12,16,20-21H,2-5,7,13-15,17H2,1H3,(H,25,28). The number of thiophene rings is 1. The van der Waals surface area contributed by atoms with Crippen molar-refractivity contribution in [3.63, 3.8) is 0 Å². The van der Waals surface area contributed by atoms with Crippen LogP contribution in [0.25, 0.3) is 0 Å². The predicted molar refractivity (Wildman–Crippen MR) is 123 cm³/mol. The fourth-order valence-electron chi connectivity index (χ4n) is 4.64. The summed E-state index contributed by atoms with van der Waals surface area (Å²) in [4.78, 5) is 31.0. The SMILES string of the molecule is COc1ccc(C(CNC(=O)C2CCCCN2C(=O)c2cccs2)N2CCCC2)cc1. The Morgan fingerprint density at radius 2 is 1.84 bits per heavy atom. The van der Waals surface area contributed by atoms with E-state index >= 15 is 0 Å². The molecular weight excluding hydrogens is 410 g/mol. The number of hydrogen-bond donors (Lipinski definition) is 1. The average molecular weight is 442 g/mol. The van der Waals surface area contributed by atoms with Crippen LogP contribution >= 0.6 is 11.3 Å². The molecule has 2 aliphatic rings. The highest BCUT2D eigenvalue weighted by molar-refractivity contribution is 7.12. The summed E-state index contributed by atoms with van der Waals surface area (Å²) in [6, 6.07) is 11.6. The van der Waals surface area contributed by atoms with Gasteiger partial charge in [0.1, 0.15) is 11.8 Å². The zero-order valence-corrected chi connectivity index (χ0v) is 18.9. The van der Waals surface area contributed by atoms with Crippen molar-refractivity contribution in [3.8, 4) is 5.75 Å². The van der Waals surface area contributed by atoms with E-state index in [2.05, 4.69) is 22.3 Å². The molecule has 0 spiro atoms. The molecule has 1 N–H and O–H groups in total. The fourth-order valence-corrected chi connectivity index (χ4v) is 5.32. The highest BCUT2D eigenvalue weighted by atomic mass is 32.1. The molecule has 6 nitrogen and oxygen atoms in total. The van der Waals surface area contributed by atoms with E-state index in [0.29, 0.717) is 18.0 Å². The molecule has 2 atom stereocenters. The van der Waals surface area contributed by atoms with Crippen LogP contribution in [-0.4, -0.2) is 60.9 Å². The summed E-state index contributed by atoms with van der Waals surface area (Å²) in [6.07, 6.45) is 5.02. The average Bonchev–Trinajstić information content (AvgIpc) is 3.54. The lowest BCUT2D eigenvalue weighted by molar-refractivity contribution is -0.126. The molecule has 7 heteroatoms. The predicted octanol–water partition coefficient (Wildman–Crippen LogP) is 3.70. The number of carbonyl (C=O) groups is 2. The number of nitrogens with zero attached hydrogens (tertiary/aromatic N) is 2. The highest BCUT2D eigenvalue weighted by Crippen LogP contribution is 2.27. The zero-order valence-electron chi connectivity index (χ0n) is 18.1. The summed E-state index contributed by atoms with van der Waals surface area (Å²) in [5.74, 6) is 0.765. The third-order valence-corrected chi connectivity index (χ3v) is 7.21. The largest absolute Gasteiger partial charge is 0.497 e. The molecule has 0 aliphatic carbocycles. The number of hydrogen-bond acceptors (Lipinski definition) is 5. The number of carbonyl (C=O) groups excluding carboxylic acids is 2. The molecule has 3 heterocycles. The van der Waals surface area contributed by atoms with Gasteiger partial charge in [0, 0.05) is 13.1 Å². The summed E-state index contributed by atoms with van der Waals surface area (Å²) in [5, 5.41) is 5.09. The minimum atomic E-state index is -0.390. The van der Waals surface area contributed by atoms with Gasteiger partial charge in [-0.25, -0.2) is 0 Å². The van der Waals surface area contributed by atoms with Gasteiger partial charge >= 0.3 is 0 Å². The first kappa shape index (κ1) is 21.8. The van der Waals surface area contributed by atoms with Crippen LogP contribution in [0.5, 0.6) is 5.75 Å². The van der Waals surface area contributed by atoms with Crippen LogP contribution in [0, 0.1) is 0 Å². The molecule has 0 saturated carbocycles. The van der Waals surface area contributed by atoms with Crippen LogP contribution < -0.4 is 10.1 Å². The lowest BCUT2D eigenvalue weighted by Gasteiger charge is -2.35. The number of ether oxygens (including phenoxy) is 1. The van der Waals surface area contributed by atoms with Gasteiger partial charge in [-0.15, -0.1) is 11.3 Å². The van der Waals surface area contributed by atoms with Gasteiger partial charge in [-0.3, -0.25) is 14.5 Å². The van der Waals surface area contributed by atoms with Gasteiger partial charge in [-0.1, -0.05) is 18.2 Å². The summed E-state index contributed by atoms with van der Waals surface area (Å²) in [6.45, 7) is 3.27. The second kappa shape index (κ2) is 10.3. The number of benzene rings is 1. The van der Waals surface area contributed by atoms with Crippen molar-refractivity contribution in [3.05, 3.63) is 52.2 Å². The van der Waals surface area contributed by atoms with Crippen molar-refractivity contribution in [2.45, 2.75) is 44.2 Å². The van der Waals surface area contributed by atoms with E-state index in [9.17, 15) is 9.59 Å². The van der Waals surface area contributed by atoms with E-state index in [1.165, 1.54) is 29.7 Å². The molecule has 0 radical (unpaired) electrons. The van der Waals surface area contributed by atoms with E-state index in [-0.39, 0.29) is 17.9 Å². The normalized spacial score (nSPS) is 20.4. The summed E-state index contributed by atoms with van der Waals surface area (Å²) < 4.78 is 5.30. The molecule has 2 aliphatic heterocycles. The third kappa shape index (κ3) is 5.10. The zero-order chi connectivity index (χ0) is 21.6. The second-order valence-corrected chi connectivity index (χ2v) is 9.21. The van der Waals surface area contributed by atoms with Crippen molar-refractivity contribution in [2.75, 3.05) is 33.3 Å². The monoisotopic (exact) mass is 441 g/mol. The number of likely N-dealkylation sites (tertiary alicyclic amines) is 2. The van der Waals surface area contributed by atoms with Gasteiger partial charge in [0.25, 0.3) is 5.91 Å². The molecule has 1 aromatic heterocycles. The van der Waals surface area contributed by atoms with Gasteiger partial charge in [0.15, 0.2) is 0 Å². The van der Waals surface area contributed by atoms with Crippen LogP contribution in [0.3, 0.4) is 0 Å². The minimum absolute atomic E-state index is 0.0268. The fraction of sp³-hybridized carbons (Fsp3) is 0.500. The maximum absolute atomic E-state index is 13.2. The van der Waals surface area contributed by atoms with Crippen LogP contribution in [0.1, 0.15) is 53.4 Å². The van der Waals surface area contributed by atoms with Crippen LogP contribution in [-0.2, 0) is 4.79 Å². The molecule has 166 valence electrons. The first-order chi connectivity index (χ1) is 15.2. The second-order valence-electron chi connectivity index (χ2n) is 8.26. The molecule has 2 unspecified atom stereocenters. The third-order valence-electron chi connectivity index (χ3n) is 6.35. The smallest absolute Gasteiger partial charge is 0.264 e. The number of rotatable bonds is 7. The molecule has 1 aromatic carbocycles. The summed E-state index contributed by atoms with van der Waals surface area (Å²) >= 11 is 1.43. The maximum Gasteiger partial charge on any atom is 0.264 e. The van der Waals surface area contributed by atoms with Crippen molar-refractivity contribution in [1.29, 1.82) is 0 Å². The Hall–Kier alpha value is -2.38. The summed E-state index contributed by atoms with van der Waals surface area (Å²) in [7, 11) is 1.67. The van der Waals surface area contributed by atoms with Gasteiger partial charge in [-0.2, -0.15) is 0 Å². The Balaban J connectivity index is 1.45. The first-order valence-corrected chi connectivity index (χ1v) is 12.1. The lowest BCUT2D eigenvalue weighted by atomic mass is 10.00. The van der Waals surface area contributed by atoms with E-state index in [0.717, 1.165) is 38.1 Å². The summed E-state index contributed by atoms with van der Waals surface area (Å²) in [5.41, 5.74) is 1.18. The molecule has 4 rings (SSSR count). The molecule has 2 aromatic rings. The Bertz CT molecular complexity index is 863. The molecular formula is C24H31N3O3S. The number of piperidine rings is 1. The number of nitrogens with one attached hydrogen (secondary N) is 1. The topological polar surface area (TPSA) is 61.9 Å². The van der Waals surface area contributed by atoms with Crippen molar-refractivity contribution in [2.24, 2.45) is 0 Å². The Kier molecular flexibility index (Phi) is 7.25. The van der Waals surface area contributed by atoms with E-state index in [1.807, 2.05) is 29.6 Å². The van der Waals surface area contributed by atoms with E-state index in [4.69, 9.17) is 4.74 Å². The number of methoxy groups -OCH3 is 1. The lowest BCUT2D eigenvalue weighted by Crippen LogP contribution is -2.52. The van der Waals surface area contributed by atoms with Crippen molar-refractivity contribution in [1.82, 2.24) is 15.1 Å². The first-order valence-electron chi connectivity index (χ1n) is 11.2. The Labute approximate surface area is 188 Å². The van der Waals surface area contributed by atoms with Gasteiger partial charge in [0.2, 0.25) is 5.91 Å². The van der Waals surface area contributed by atoms with E-state index in [1.54, 1.807) is 12.0 Å². The highest BCUT2D eigenvalue weighted by Gasteiger charge is 2.34. The maximum atomic E-state index is 13.2. The molecule has 2 fully saturated rings. The molecule has 2 amide bonds. The van der Waals surface area contributed by atoms with Gasteiger partial charge in [0.05, 0.1) is 18.0 Å². The Morgan fingerprint density at radius 3 is 2.52 bits per heavy atom. The molecule has 0 bridgehead atoms. The van der Waals surface area contributed by atoms with E-state index < -0.39 is 6.04 Å². The molecule has 2 saturated heterocycles. The van der Waals surface area contributed by atoms with Crippen LogP contribution in [0.2, 0.25) is 0 Å². The minimum Gasteiger partial charge on any atom is -0.497 e. The van der Waals surface area contributed by atoms with Crippen LogP contribution in [0.4, 0.5) is 0 Å². The molecule has 31 heavy (non-hydrogen) atoms. The quantitative estimate of drug-likeness (QED) is 0.712. The van der Waals surface area contributed by atoms with Crippen molar-refractivity contribution < 1.29 is 14.3 Å². The number of amides is 2. The Morgan fingerprint density at radius 1 is 1.10 bits per heavy atom.